The number of aromatic amines is 1. The largest absolute Gasteiger partial charge is 0.341 e. The molecule has 2 aromatic rings. The zero-order valence-electron chi connectivity index (χ0n) is 13.1. The zero-order valence-corrected chi connectivity index (χ0v) is 13.9. The highest BCUT2D eigenvalue weighted by molar-refractivity contribution is 7.87. The zero-order chi connectivity index (χ0) is 16.9. The molecule has 1 aromatic carbocycles. The van der Waals surface area contributed by atoms with E-state index in [1.165, 1.54) is 12.6 Å². The predicted molar refractivity (Wildman–Crippen MR) is 87.4 cm³/mol. The summed E-state index contributed by atoms with van der Waals surface area (Å²) in [6.45, 7) is 2.23. The number of hydrogen-bond donors (Lipinski definition) is 2. The fraction of sp³-hybridized carbons (Fsp3) is 0.333. The maximum absolute atomic E-state index is 12.0. The molecule has 0 saturated carbocycles. The SMILES string of the molecule is Cc1ccc(-c2cnc(CNS(=O)(=O)N(C)CCC#N)[nH]2)cc1. The van der Waals surface area contributed by atoms with Crippen LogP contribution >= 0.6 is 0 Å². The van der Waals surface area contributed by atoms with Crippen LogP contribution in [0.3, 0.4) is 0 Å². The summed E-state index contributed by atoms with van der Waals surface area (Å²) < 4.78 is 27.5. The summed E-state index contributed by atoms with van der Waals surface area (Å²) in [7, 11) is -2.19. The van der Waals surface area contributed by atoms with Crippen molar-refractivity contribution in [3.8, 4) is 17.3 Å². The monoisotopic (exact) mass is 333 g/mol. The minimum Gasteiger partial charge on any atom is -0.341 e. The van der Waals surface area contributed by atoms with E-state index in [-0.39, 0.29) is 19.5 Å². The fourth-order valence-corrected chi connectivity index (χ4v) is 2.80. The lowest BCUT2D eigenvalue weighted by Gasteiger charge is -2.15. The molecule has 2 rings (SSSR count). The van der Waals surface area contributed by atoms with Crippen molar-refractivity contribution in [2.45, 2.75) is 19.9 Å². The van der Waals surface area contributed by atoms with E-state index in [4.69, 9.17) is 5.26 Å². The van der Waals surface area contributed by atoms with Crippen molar-refractivity contribution in [2.75, 3.05) is 13.6 Å². The van der Waals surface area contributed by atoms with Crippen molar-refractivity contribution in [1.29, 1.82) is 5.26 Å². The topological polar surface area (TPSA) is 102 Å². The maximum atomic E-state index is 12.0. The summed E-state index contributed by atoms with van der Waals surface area (Å²) in [5.41, 5.74) is 2.99. The van der Waals surface area contributed by atoms with Gasteiger partial charge in [0, 0.05) is 20.0 Å². The first-order chi connectivity index (χ1) is 10.9. The van der Waals surface area contributed by atoms with Gasteiger partial charge in [0.05, 0.1) is 24.5 Å². The summed E-state index contributed by atoms with van der Waals surface area (Å²) in [6, 6.07) is 9.88. The fourth-order valence-electron chi connectivity index (χ4n) is 1.93. The number of imidazole rings is 1. The van der Waals surface area contributed by atoms with Crippen molar-refractivity contribution < 1.29 is 8.42 Å². The Bertz CT molecular complexity index is 790. The molecule has 7 nitrogen and oxygen atoms in total. The third kappa shape index (κ3) is 4.63. The quantitative estimate of drug-likeness (QED) is 0.803. The van der Waals surface area contributed by atoms with Gasteiger partial charge in [0.15, 0.2) is 0 Å². The Kier molecular flexibility index (Phi) is 5.50. The summed E-state index contributed by atoms with van der Waals surface area (Å²) in [5, 5.41) is 8.51. The standard InChI is InChI=1S/C15H19N5O2S/c1-12-4-6-13(7-5-12)14-10-17-15(19-14)11-18-23(21,22)20(2)9-3-8-16/h4-7,10,18H,3,9,11H2,1-2H3,(H,17,19). The lowest BCUT2D eigenvalue weighted by molar-refractivity contribution is 0.463. The molecular formula is C15H19N5O2S. The first kappa shape index (κ1) is 17.1. The van der Waals surface area contributed by atoms with Gasteiger partial charge in [-0.05, 0) is 12.5 Å². The molecule has 0 amide bonds. The molecule has 0 aliphatic heterocycles. The first-order valence-electron chi connectivity index (χ1n) is 7.11. The van der Waals surface area contributed by atoms with Gasteiger partial charge >= 0.3 is 0 Å². The average molecular weight is 333 g/mol. The third-order valence-corrected chi connectivity index (χ3v) is 4.87. The molecular weight excluding hydrogens is 314 g/mol. The van der Waals surface area contributed by atoms with Crippen LogP contribution in [0.2, 0.25) is 0 Å². The number of aryl methyl sites for hydroxylation is 1. The van der Waals surface area contributed by atoms with Crippen molar-refractivity contribution in [3.05, 3.63) is 41.9 Å². The highest BCUT2D eigenvalue weighted by Gasteiger charge is 2.17. The molecule has 0 spiro atoms. The molecule has 0 aliphatic rings. The number of hydrogen-bond acceptors (Lipinski definition) is 4. The Labute approximate surface area is 136 Å². The lowest BCUT2D eigenvalue weighted by atomic mass is 10.1. The van der Waals surface area contributed by atoms with Crippen LogP contribution in [0.4, 0.5) is 0 Å². The second-order valence-electron chi connectivity index (χ2n) is 5.17. The second-order valence-corrected chi connectivity index (χ2v) is 7.03. The van der Waals surface area contributed by atoms with E-state index in [9.17, 15) is 8.42 Å². The van der Waals surface area contributed by atoms with Crippen LogP contribution in [0.25, 0.3) is 11.3 Å². The number of H-pyrrole nitrogens is 1. The van der Waals surface area contributed by atoms with E-state index >= 15 is 0 Å². The number of nitrogens with one attached hydrogen (secondary N) is 2. The smallest absolute Gasteiger partial charge is 0.279 e. The van der Waals surface area contributed by atoms with E-state index in [0.717, 1.165) is 15.6 Å². The Morgan fingerprint density at radius 2 is 2.04 bits per heavy atom. The molecule has 23 heavy (non-hydrogen) atoms. The lowest BCUT2D eigenvalue weighted by Crippen LogP contribution is -2.38. The number of rotatable bonds is 7. The molecule has 0 unspecified atom stereocenters. The highest BCUT2D eigenvalue weighted by Crippen LogP contribution is 2.17. The van der Waals surface area contributed by atoms with Gasteiger partial charge in [-0.25, -0.2) is 4.98 Å². The maximum Gasteiger partial charge on any atom is 0.279 e. The molecule has 0 radical (unpaired) electrons. The predicted octanol–water partition coefficient (Wildman–Crippen LogP) is 1.56. The number of aromatic nitrogens is 2. The number of nitrogens with zero attached hydrogens (tertiary/aromatic N) is 3. The third-order valence-electron chi connectivity index (χ3n) is 3.36. The van der Waals surface area contributed by atoms with Gasteiger partial charge in [-0.3, -0.25) is 0 Å². The van der Waals surface area contributed by atoms with Gasteiger partial charge in [-0.2, -0.15) is 22.7 Å². The van der Waals surface area contributed by atoms with Gasteiger partial charge in [-0.1, -0.05) is 29.8 Å². The van der Waals surface area contributed by atoms with Gasteiger partial charge in [0.25, 0.3) is 10.2 Å². The minimum atomic E-state index is -3.62. The summed E-state index contributed by atoms with van der Waals surface area (Å²) in [6.07, 6.45) is 1.82. The van der Waals surface area contributed by atoms with E-state index in [2.05, 4.69) is 14.7 Å². The normalized spacial score (nSPS) is 11.6. The van der Waals surface area contributed by atoms with E-state index in [0.29, 0.717) is 5.82 Å². The van der Waals surface area contributed by atoms with Crippen LogP contribution < -0.4 is 4.72 Å². The van der Waals surface area contributed by atoms with Crippen LogP contribution in [-0.2, 0) is 16.8 Å². The Morgan fingerprint density at radius 3 is 2.70 bits per heavy atom. The second kappa shape index (κ2) is 7.37. The Balaban J connectivity index is 1.99. The molecule has 8 heteroatoms. The number of benzene rings is 1. The van der Waals surface area contributed by atoms with E-state index in [1.807, 2.05) is 37.3 Å². The minimum absolute atomic E-state index is 0.0606. The van der Waals surface area contributed by atoms with Crippen LogP contribution in [0, 0.1) is 18.3 Å². The average Bonchev–Trinajstić information content (AvgIpc) is 3.00. The highest BCUT2D eigenvalue weighted by atomic mass is 32.2. The molecule has 122 valence electrons. The Hall–Kier alpha value is -2.21. The van der Waals surface area contributed by atoms with E-state index in [1.54, 1.807) is 6.20 Å². The Morgan fingerprint density at radius 1 is 1.35 bits per heavy atom. The summed E-state index contributed by atoms with van der Waals surface area (Å²) >= 11 is 0. The molecule has 1 aromatic heterocycles. The van der Waals surface area contributed by atoms with Crippen molar-refractivity contribution in [2.24, 2.45) is 0 Å². The van der Waals surface area contributed by atoms with Gasteiger partial charge < -0.3 is 4.98 Å². The van der Waals surface area contributed by atoms with Crippen LogP contribution in [0.5, 0.6) is 0 Å². The van der Waals surface area contributed by atoms with Gasteiger partial charge in [0.2, 0.25) is 0 Å². The van der Waals surface area contributed by atoms with Crippen molar-refractivity contribution in [1.82, 2.24) is 19.0 Å². The molecule has 0 atom stereocenters. The molecule has 0 aliphatic carbocycles. The van der Waals surface area contributed by atoms with Crippen LogP contribution in [0.1, 0.15) is 17.8 Å². The number of nitriles is 1. The van der Waals surface area contributed by atoms with Crippen LogP contribution in [-0.4, -0.2) is 36.3 Å². The molecule has 2 N–H and O–H groups in total. The summed E-state index contributed by atoms with van der Waals surface area (Å²) in [4.78, 5) is 7.28. The molecule has 1 heterocycles. The summed E-state index contributed by atoms with van der Waals surface area (Å²) in [5.74, 6) is 0.526. The molecule has 0 fully saturated rings. The van der Waals surface area contributed by atoms with E-state index < -0.39 is 10.2 Å². The van der Waals surface area contributed by atoms with Crippen molar-refractivity contribution >= 4 is 10.2 Å². The van der Waals surface area contributed by atoms with Crippen LogP contribution in [0.15, 0.2) is 30.5 Å². The van der Waals surface area contributed by atoms with Gasteiger partial charge in [0.1, 0.15) is 5.82 Å². The van der Waals surface area contributed by atoms with Gasteiger partial charge in [-0.15, -0.1) is 0 Å². The van der Waals surface area contributed by atoms with Crippen molar-refractivity contribution in [3.63, 3.8) is 0 Å². The first-order valence-corrected chi connectivity index (χ1v) is 8.55. The molecule has 0 saturated heterocycles. The molecule has 0 bridgehead atoms.